The molecule has 1 aromatic carbocycles. The number of phenolic OH excluding ortho intramolecular Hbond substituents is 1. The van der Waals surface area contributed by atoms with Crippen LogP contribution in [0.4, 0.5) is 11.5 Å². The van der Waals surface area contributed by atoms with Gasteiger partial charge in [0.1, 0.15) is 11.6 Å². The molecule has 2 heterocycles. The third kappa shape index (κ3) is 2.79. The van der Waals surface area contributed by atoms with Crippen molar-refractivity contribution in [3.05, 3.63) is 36.0 Å². The molecule has 0 spiro atoms. The zero-order valence-electron chi connectivity index (χ0n) is 12.0. The van der Waals surface area contributed by atoms with E-state index in [0.29, 0.717) is 18.0 Å². The Balaban J connectivity index is 1.70. The Bertz CT molecular complexity index is 641. The van der Waals surface area contributed by atoms with Crippen molar-refractivity contribution >= 4 is 11.5 Å². The summed E-state index contributed by atoms with van der Waals surface area (Å²) in [4.78, 5) is 6.26. The van der Waals surface area contributed by atoms with Crippen LogP contribution < -0.4 is 19.7 Å². The number of fused-ring (bicyclic) bond motifs is 1. The first kappa shape index (κ1) is 13.4. The van der Waals surface area contributed by atoms with Crippen molar-refractivity contribution in [2.45, 2.75) is 6.54 Å². The highest BCUT2D eigenvalue weighted by Crippen LogP contribution is 2.37. The maximum absolute atomic E-state index is 9.97. The fourth-order valence-corrected chi connectivity index (χ4v) is 2.07. The third-order valence-corrected chi connectivity index (χ3v) is 3.26. The Morgan fingerprint density at radius 3 is 2.67 bits per heavy atom. The number of ether oxygens (including phenoxy) is 2. The van der Waals surface area contributed by atoms with Crippen LogP contribution in [0.5, 0.6) is 17.2 Å². The second kappa shape index (κ2) is 5.40. The van der Waals surface area contributed by atoms with Gasteiger partial charge in [0.2, 0.25) is 6.79 Å². The van der Waals surface area contributed by atoms with Gasteiger partial charge in [-0.25, -0.2) is 4.98 Å². The molecule has 110 valence electrons. The van der Waals surface area contributed by atoms with Gasteiger partial charge in [-0.15, -0.1) is 0 Å². The number of anilines is 2. The fraction of sp³-hybridized carbons (Fsp3) is 0.267. The highest BCUT2D eigenvalue weighted by molar-refractivity contribution is 5.53. The third-order valence-electron chi connectivity index (χ3n) is 3.26. The maximum atomic E-state index is 9.97. The highest BCUT2D eigenvalue weighted by atomic mass is 16.7. The molecule has 0 unspecified atom stereocenters. The largest absolute Gasteiger partial charge is 0.507 e. The van der Waals surface area contributed by atoms with E-state index in [2.05, 4.69) is 10.3 Å². The van der Waals surface area contributed by atoms with Gasteiger partial charge in [0.15, 0.2) is 11.5 Å². The lowest BCUT2D eigenvalue weighted by atomic mass is 10.1. The van der Waals surface area contributed by atoms with Crippen molar-refractivity contribution in [2.24, 2.45) is 0 Å². The Hall–Kier alpha value is -2.63. The topological polar surface area (TPSA) is 66.9 Å². The number of aromatic hydroxyl groups is 1. The highest BCUT2D eigenvalue weighted by Gasteiger charge is 2.16. The number of nitrogens with zero attached hydrogens (tertiary/aromatic N) is 2. The summed E-state index contributed by atoms with van der Waals surface area (Å²) >= 11 is 0. The lowest BCUT2D eigenvalue weighted by Crippen LogP contribution is -2.10. The number of aromatic nitrogens is 1. The average molecular weight is 287 g/mol. The molecule has 0 radical (unpaired) electrons. The first-order valence-corrected chi connectivity index (χ1v) is 6.62. The zero-order chi connectivity index (χ0) is 14.8. The SMILES string of the molecule is CN(C)c1ccc(NCc2cc3c(cc2O)OCO3)cn1. The summed E-state index contributed by atoms with van der Waals surface area (Å²) in [6.45, 7) is 0.674. The number of nitrogens with one attached hydrogen (secondary N) is 1. The van der Waals surface area contributed by atoms with Crippen molar-refractivity contribution < 1.29 is 14.6 Å². The summed E-state index contributed by atoms with van der Waals surface area (Å²) in [5, 5.41) is 13.2. The summed E-state index contributed by atoms with van der Waals surface area (Å²) in [5.41, 5.74) is 1.63. The molecular formula is C15H17N3O3. The van der Waals surface area contributed by atoms with Gasteiger partial charge < -0.3 is 24.8 Å². The van der Waals surface area contributed by atoms with Crippen LogP contribution in [-0.4, -0.2) is 31.0 Å². The molecule has 6 heteroatoms. The molecule has 2 aromatic rings. The fourth-order valence-electron chi connectivity index (χ4n) is 2.07. The van der Waals surface area contributed by atoms with Crippen LogP contribution in [0.15, 0.2) is 30.5 Å². The minimum absolute atomic E-state index is 0.185. The van der Waals surface area contributed by atoms with Crippen LogP contribution in [0.25, 0.3) is 0 Å². The molecule has 1 aliphatic heterocycles. The van der Waals surface area contributed by atoms with E-state index < -0.39 is 0 Å². The predicted octanol–water partition coefficient (Wildman–Crippen LogP) is 2.19. The molecule has 0 atom stereocenters. The summed E-state index contributed by atoms with van der Waals surface area (Å²) in [7, 11) is 3.89. The smallest absolute Gasteiger partial charge is 0.231 e. The van der Waals surface area contributed by atoms with Gasteiger partial charge in [-0.3, -0.25) is 0 Å². The Morgan fingerprint density at radius 2 is 2.00 bits per heavy atom. The summed E-state index contributed by atoms with van der Waals surface area (Å²) < 4.78 is 10.5. The second-order valence-electron chi connectivity index (χ2n) is 4.99. The van der Waals surface area contributed by atoms with E-state index in [1.165, 1.54) is 0 Å². The Labute approximate surface area is 122 Å². The van der Waals surface area contributed by atoms with Crippen molar-refractivity contribution in [1.29, 1.82) is 0 Å². The Kier molecular flexibility index (Phi) is 3.43. The van der Waals surface area contributed by atoms with Crippen molar-refractivity contribution in [3.63, 3.8) is 0 Å². The lowest BCUT2D eigenvalue weighted by Gasteiger charge is -2.12. The number of hydrogen-bond donors (Lipinski definition) is 2. The minimum Gasteiger partial charge on any atom is -0.507 e. The van der Waals surface area contributed by atoms with Crippen LogP contribution >= 0.6 is 0 Å². The van der Waals surface area contributed by atoms with Gasteiger partial charge in [-0.2, -0.15) is 0 Å². The lowest BCUT2D eigenvalue weighted by molar-refractivity contribution is 0.174. The number of rotatable bonds is 4. The standard InChI is InChI=1S/C15H17N3O3/c1-18(2)15-4-3-11(8-17-15)16-7-10-5-13-14(6-12(10)19)21-9-20-13/h3-6,8,16,19H,7,9H2,1-2H3. The van der Waals surface area contributed by atoms with E-state index in [1.54, 1.807) is 18.3 Å². The van der Waals surface area contributed by atoms with Crippen LogP contribution in [0, 0.1) is 0 Å². The molecule has 1 aromatic heterocycles. The first-order valence-electron chi connectivity index (χ1n) is 6.62. The van der Waals surface area contributed by atoms with E-state index in [-0.39, 0.29) is 12.5 Å². The molecule has 0 amide bonds. The molecule has 0 fully saturated rings. The van der Waals surface area contributed by atoms with Gasteiger partial charge >= 0.3 is 0 Å². The average Bonchev–Trinajstić information content (AvgIpc) is 2.92. The zero-order valence-corrected chi connectivity index (χ0v) is 12.0. The van der Waals surface area contributed by atoms with Crippen LogP contribution in [0.2, 0.25) is 0 Å². The number of benzene rings is 1. The number of pyridine rings is 1. The second-order valence-corrected chi connectivity index (χ2v) is 4.99. The molecule has 1 aliphatic rings. The van der Waals surface area contributed by atoms with E-state index >= 15 is 0 Å². The van der Waals surface area contributed by atoms with E-state index in [0.717, 1.165) is 17.1 Å². The van der Waals surface area contributed by atoms with E-state index in [1.807, 2.05) is 31.1 Å². The molecule has 21 heavy (non-hydrogen) atoms. The van der Waals surface area contributed by atoms with Gasteiger partial charge in [-0.1, -0.05) is 0 Å². The van der Waals surface area contributed by atoms with Crippen molar-refractivity contribution in [1.82, 2.24) is 4.98 Å². The molecule has 3 rings (SSSR count). The van der Waals surface area contributed by atoms with E-state index in [9.17, 15) is 5.11 Å². The molecule has 0 bridgehead atoms. The van der Waals surface area contributed by atoms with Gasteiger partial charge in [0.25, 0.3) is 0 Å². The molecule has 0 saturated carbocycles. The predicted molar refractivity (Wildman–Crippen MR) is 80.1 cm³/mol. The first-order chi connectivity index (χ1) is 10.1. The minimum atomic E-state index is 0.185. The summed E-state index contributed by atoms with van der Waals surface area (Å²) in [5.74, 6) is 2.31. The van der Waals surface area contributed by atoms with Crippen LogP contribution in [-0.2, 0) is 6.54 Å². The monoisotopic (exact) mass is 287 g/mol. The summed E-state index contributed by atoms with van der Waals surface area (Å²) in [6.07, 6.45) is 1.76. The molecule has 2 N–H and O–H groups in total. The number of phenols is 1. The van der Waals surface area contributed by atoms with Crippen LogP contribution in [0.1, 0.15) is 5.56 Å². The molecule has 0 saturated heterocycles. The van der Waals surface area contributed by atoms with Gasteiger partial charge in [-0.05, 0) is 18.2 Å². The summed E-state index contributed by atoms with van der Waals surface area (Å²) in [6, 6.07) is 7.24. The van der Waals surface area contributed by atoms with E-state index in [4.69, 9.17) is 9.47 Å². The molecule has 6 nitrogen and oxygen atoms in total. The molecular weight excluding hydrogens is 270 g/mol. The van der Waals surface area contributed by atoms with Gasteiger partial charge in [0.05, 0.1) is 11.9 Å². The van der Waals surface area contributed by atoms with Crippen molar-refractivity contribution in [2.75, 3.05) is 31.1 Å². The quantitative estimate of drug-likeness (QED) is 0.898. The van der Waals surface area contributed by atoms with Crippen LogP contribution in [0.3, 0.4) is 0 Å². The van der Waals surface area contributed by atoms with Gasteiger partial charge in [0, 0.05) is 32.3 Å². The van der Waals surface area contributed by atoms with Crippen molar-refractivity contribution in [3.8, 4) is 17.2 Å². The number of hydrogen-bond acceptors (Lipinski definition) is 6. The maximum Gasteiger partial charge on any atom is 0.231 e. The molecule has 0 aliphatic carbocycles. The normalized spacial score (nSPS) is 12.3. The Morgan fingerprint density at radius 1 is 1.24 bits per heavy atom.